The van der Waals surface area contributed by atoms with Crippen LogP contribution in [0.4, 0.5) is 5.69 Å². The second-order valence-corrected chi connectivity index (χ2v) is 3.99. The quantitative estimate of drug-likeness (QED) is 0.714. The fraction of sp³-hybridized carbons (Fsp3) is 0.300. The Hall–Kier alpha value is -1.26. The van der Waals surface area contributed by atoms with Gasteiger partial charge in [-0.1, -0.05) is 11.6 Å². The highest BCUT2D eigenvalue weighted by Gasteiger charge is 2.18. The molecule has 2 rings (SSSR count). The van der Waals surface area contributed by atoms with Gasteiger partial charge in [0.25, 0.3) is 5.91 Å². The van der Waals surface area contributed by atoms with E-state index < -0.39 is 5.91 Å². The minimum Gasteiger partial charge on any atom is -0.379 e. The van der Waals surface area contributed by atoms with Gasteiger partial charge in [-0.15, -0.1) is 0 Å². The van der Waals surface area contributed by atoms with Gasteiger partial charge >= 0.3 is 0 Å². The molecule has 4 nitrogen and oxygen atoms in total. The van der Waals surface area contributed by atoms with Crippen LogP contribution in [0, 0.1) is 0 Å². The van der Waals surface area contributed by atoms with E-state index in [-0.39, 0.29) is 0 Å². The highest BCUT2D eigenvalue weighted by Crippen LogP contribution is 2.22. The van der Waals surface area contributed by atoms with Crippen LogP contribution in [0.1, 0.15) is 10.4 Å². The number of benzene rings is 1. The fourth-order valence-electron chi connectivity index (χ4n) is 1.46. The van der Waals surface area contributed by atoms with Crippen LogP contribution in [-0.4, -0.2) is 25.0 Å². The van der Waals surface area contributed by atoms with Crippen LogP contribution in [-0.2, 0) is 0 Å². The van der Waals surface area contributed by atoms with Crippen LogP contribution < -0.4 is 16.4 Å². The number of hydrogen-bond acceptors (Lipinski definition) is 3. The minimum absolute atomic E-state index is 0.349. The van der Waals surface area contributed by atoms with Crippen molar-refractivity contribution in [3.8, 4) is 0 Å². The normalized spacial score (nSPS) is 15.8. The summed E-state index contributed by atoms with van der Waals surface area (Å²) in [4.78, 5) is 11.1. The monoisotopic (exact) mass is 225 g/mol. The van der Waals surface area contributed by atoms with Crippen molar-refractivity contribution in [2.75, 3.05) is 18.4 Å². The van der Waals surface area contributed by atoms with Gasteiger partial charge in [-0.05, 0) is 18.2 Å². The Morgan fingerprint density at radius 2 is 2.27 bits per heavy atom. The van der Waals surface area contributed by atoms with Gasteiger partial charge in [0.1, 0.15) is 0 Å². The smallest absolute Gasteiger partial charge is 0.250 e. The number of nitrogens with two attached hydrogens (primary N) is 1. The van der Waals surface area contributed by atoms with E-state index >= 15 is 0 Å². The summed E-state index contributed by atoms with van der Waals surface area (Å²) in [5, 5.41) is 6.95. The lowest BCUT2D eigenvalue weighted by Crippen LogP contribution is -2.51. The zero-order chi connectivity index (χ0) is 10.8. The number of hydrogen-bond donors (Lipinski definition) is 3. The molecule has 0 radical (unpaired) electrons. The van der Waals surface area contributed by atoms with Gasteiger partial charge in [0.15, 0.2) is 0 Å². The third kappa shape index (κ3) is 2.22. The number of anilines is 1. The van der Waals surface area contributed by atoms with Gasteiger partial charge < -0.3 is 16.4 Å². The zero-order valence-electron chi connectivity index (χ0n) is 8.09. The molecule has 4 N–H and O–H groups in total. The molecule has 1 aromatic rings. The number of halogens is 1. The predicted octanol–water partition coefficient (Wildman–Crippen LogP) is 0.823. The van der Waals surface area contributed by atoms with E-state index in [1.165, 1.54) is 0 Å². The second kappa shape index (κ2) is 4.08. The standard InChI is InChI=1S/C10H12ClN3O/c11-6-1-2-8(10(12)15)9(3-6)14-7-4-13-5-7/h1-3,7,13-14H,4-5H2,(H2,12,15). The number of nitrogens with one attached hydrogen (secondary N) is 2. The summed E-state index contributed by atoms with van der Waals surface area (Å²) in [6.07, 6.45) is 0. The molecule has 1 aromatic carbocycles. The fourth-order valence-corrected chi connectivity index (χ4v) is 1.63. The molecule has 15 heavy (non-hydrogen) atoms. The maximum atomic E-state index is 11.1. The summed E-state index contributed by atoms with van der Waals surface area (Å²) < 4.78 is 0. The average molecular weight is 226 g/mol. The molecule has 80 valence electrons. The lowest BCUT2D eigenvalue weighted by atomic mass is 10.1. The SMILES string of the molecule is NC(=O)c1ccc(Cl)cc1NC1CNC1. The van der Waals surface area contributed by atoms with Crippen LogP contribution in [0.25, 0.3) is 0 Å². The highest BCUT2D eigenvalue weighted by atomic mass is 35.5. The molecule has 1 aliphatic rings. The number of primary amides is 1. The molecule has 1 heterocycles. The van der Waals surface area contributed by atoms with E-state index in [9.17, 15) is 4.79 Å². The van der Waals surface area contributed by atoms with Gasteiger partial charge in [0.05, 0.1) is 11.6 Å². The van der Waals surface area contributed by atoms with E-state index in [1.54, 1.807) is 18.2 Å². The van der Waals surface area contributed by atoms with E-state index in [0.717, 1.165) is 13.1 Å². The predicted molar refractivity (Wildman–Crippen MR) is 60.3 cm³/mol. The minimum atomic E-state index is -0.443. The van der Waals surface area contributed by atoms with Crippen LogP contribution in [0.5, 0.6) is 0 Å². The van der Waals surface area contributed by atoms with Crippen LogP contribution in [0.2, 0.25) is 5.02 Å². The van der Waals surface area contributed by atoms with Gasteiger partial charge in [-0.3, -0.25) is 4.79 Å². The van der Waals surface area contributed by atoms with Crippen molar-refractivity contribution in [3.63, 3.8) is 0 Å². The number of rotatable bonds is 3. The van der Waals surface area contributed by atoms with E-state index in [4.69, 9.17) is 17.3 Å². The van der Waals surface area contributed by atoms with E-state index in [1.807, 2.05) is 0 Å². The molecule has 1 fully saturated rings. The van der Waals surface area contributed by atoms with Gasteiger partial charge in [-0.25, -0.2) is 0 Å². The van der Waals surface area contributed by atoms with E-state index in [0.29, 0.717) is 22.3 Å². The first-order valence-corrected chi connectivity index (χ1v) is 5.11. The van der Waals surface area contributed by atoms with E-state index in [2.05, 4.69) is 10.6 Å². The molecular weight excluding hydrogens is 214 g/mol. The maximum absolute atomic E-state index is 11.1. The first kappa shape index (κ1) is 10.3. The summed E-state index contributed by atoms with van der Waals surface area (Å²) in [5.74, 6) is -0.443. The Balaban J connectivity index is 2.24. The summed E-state index contributed by atoms with van der Waals surface area (Å²) in [7, 11) is 0. The molecule has 0 aromatic heterocycles. The number of amides is 1. The molecule has 0 saturated carbocycles. The Kier molecular flexibility index (Phi) is 2.79. The number of carbonyl (C=O) groups excluding carboxylic acids is 1. The van der Waals surface area contributed by atoms with Crippen molar-refractivity contribution in [1.82, 2.24) is 5.32 Å². The highest BCUT2D eigenvalue weighted by molar-refractivity contribution is 6.31. The van der Waals surface area contributed by atoms with Crippen molar-refractivity contribution in [1.29, 1.82) is 0 Å². The number of carbonyl (C=O) groups is 1. The summed E-state index contributed by atoms with van der Waals surface area (Å²) >= 11 is 5.86. The molecule has 0 bridgehead atoms. The molecule has 1 amide bonds. The third-order valence-electron chi connectivity index (χ3n) is 2.39. The molecule has 0 aliphatic carbocycles. The van der Waals surface area contributed by atoms with Crippen LogP contribution >= 0.6 is 11.6 Å². The second-order valence-electron chi connectivity index (χ2n) is 3.55. The molecule has 1 aliphatic heterocycles. The molecule has 1 saturated heterocycles. The zero-order valence-corrected chi connectivity index (χ0v) is 8.84. The lowest BCUT2D eigenvalue weighted by Gasteiger charge is -2.29. The summed E-state index contributed by atoms with van der Waals surface area (Å²) in [6.45, 7) is 1.79. The Morgan fingerprint density at radius 3 is 2.80 bits per heavy atom. The van der Waals surface area contributed by atoms with Gasteiger partial charge in [0, 0.05) is 23.8 Å². The molecule has 0 spiro atoms. The maximum Gasteiger partial charge on any atom is 0.250 e. The topological polar surface area (TPSA) is 67.2 Å². The van der Waals surface area contributed by atoms with Crippen molar-refractivity contribution < 1.29 is 4.79 Å². The molecule has 0 unspecified atom stereocenters. The third-order valence-corrected chi connectivity index (χ3v) is 2.62. The summed E-state index contributed by atoms with van der Waals surface area (Å²) in [5.41, 5.74) is 6.45. The van der Waals surface area contributed by atoms with Crippen LogP contribution in [0.3, 0.4) is 0 Å². The molecule has 0 atom stereocenters. The average Bonchev–Trinajstić information content (AvgIpc) is 2.11. The first-order chi connectivity index (χ1) is 7.16. The van der Waals surface area contributed by atoms with Gasteiger partial charge in [0.2, 0.25) is 0 Å². The Morgan fingerprint density at radius 1 is 1.53 bits per heavy atom. The first-order valence-electron chi connectivity index (χ1n) is 4.73. The van der Waals surface area contributed by atoms with Crippen LogP contribution in [0.15, 0.2) is 18.2 Å². The van der Waals surface area contributed by atoms with Crippen molar-refractivity contribution in [3.05, 3.63) is 28.8 Å². The lowest BCUT2D eigenvalue weighted by molar-refractivity contribution is 0.100. The van der Waals surface area contributed by atoms with Gasteiger partial charge in [-0.2, -0.15) is 0 Å². The largest absolute Gasteiger partial charge is 0.379 e. The molecule has 5 heteroatoms. The molecular formula is C10H12ClN3O. The Bertz CT molecular complexity index is 390. The van der Waals surface area contributed by atoms with Crippen molar-refractivity contribution in [2.24, 2.45) is 5.73 Å². The Labute approximate surface area is 92.8 Å². The van der Waals surface area contributed by atoms with Crippen molar-refractivity contribution >= 4 is 23.2 Å². The van der Waals surface area contributed by atoms with Crippen molar-refractivity contribution in [2.45, 2.75) is 6.04 Å². The summed E-state index contributed by atoms with van der Waals surface area (Å²) in [6, 6.07) is 5.37.